The van der Waals surface area contributed by atoms with Crippen LogP contribution in [0, 0.1) is 0 Å². The topological polar surface area (TPSA) is 37.3 Å². The van der Waals surface area contributed by atoms with Crippen LogP contribution in [0.15, 0.2) is 0 Å². The lowest BCUT2D eigenvalue weighted by Gasteiger charge is -1.70. The summed E-state index contributed by atoms with van der Waals surface area (Å²) in [5.74, 6) is -0.759. The summed E-state index contributed by atoms with van der Waals surface area (Å²) in [7, 11) is 0. The fourth-order valence-electron chi connectivity index (χ4n) is 0. The predicted molar refractivity (Wildman–Crippen MR) is 33.8 cm³/mol. The maximum absolute atomic E-state index is 9.36. The largest absolute Gasteiger partial charge is 0.481 e. The Hall–Kier alpha value is 0.490. The first-order chi connectivity index (χ1) is 2.27. The van der Waals surface area contributed by atoms with Gasteiger partial charge in [0.1, 0.15) is 0 Å². The molecule has 0 saturated carbocycles. The molecule has 1 N–H and O–H groups in total. The minimum Gasteiger partial charge on any atom is -0.481 e. The van der Waals surface area contributed by atoms with Crippen molar-refractivity contribution in [3.63, 3.8) is 0 Å². The zero-order chi connectivity index (χ0) is 4.28. The van der Waals surface area contributed by atoms with Crippen molar-refractivity contribution in [1.82, 2.24) is 0 Å². The first-order valence-corrected chi connectivity index (χ1v) is 2.57. The van der Waals surface area contributed by atoms with Crippen molar-refractivity contribution in [3.05, 3.63) is 0 Å². The molecule has 0 rings (SSSR count). The molecule has 0 aromatic carbocycles. The van der Waals surface area contributed by atoms with E-state index in [0.717, 1.165) is 0 Å². The number of aliphatic carboxylic acids is 1. The van der Waals surface area contributed by atoms with Gasteiger partial charge in [0.25, 0.3) is 0 Å². The molecule has 0 aliphatic rings. The van der Waals surface area contributed by atoms with E-state index in [2.05, 4.69) is 0 Å². The molecule has 0 aromatic heterocycles. The smallest absolute Gasteiger partial charge is 0.313 e. The van der Waals surface area contributed by atoms with E-state index in [1.165, 1.54) is 0 Å². The van der Waals surface area contributed by atoms with Gasteiger partial charge in [0.15, 0.2) is 0 Å². The number of hydrogen-bond donors (Lipinski definition) is 1. The highest BCUT2D eigenvalue weighted by molar-refractivity contribution is 14.1. The molecule has 0 aliphatic heterocycles. The van der Waals surface area contributed by atoms with E-state index < -0.39 is 5.97 Å². The van der Waals surface area contributed by atoms with E-state index in [1.807, 2.05) is 0 Å². The van der Waals surface area contributed by atoms with Crippen LogP contribution in [-0.4, -0.2) is 15.5 Å². The van der Waals surface area contributed by atoms with Crippen LogP contribution in [0.1, 0.15) is 0 Å². The number of carbonyl (C=O) groups is 1. The van der Waals surface area contributed by atoms with Crippen molar-refractivity contribution in [2.24, 2.45) is 0 Å². The van der Waals surface area contributed by atoms with E-state index in [1.54, 1.807) is 22.6 Å². The van der Waals surface area contributed by atoms with Crippen LogP contribution in [-0.2, 0) is 4.79 Å². The molecule has 0 unspecified atom stereocenters. The quantitative estimate of drug-likeness (QED) is 0.529. The van der Waals surface area contributed by atoms with Gasteiger partial charge in [0, 0.05) is 0 Å². The highest BCUT2D eigenvalue weighted by atomic mass is 127. The summed E-state index contributed by atoms with van der Waals surface area (Å²) in [6.07, 6.45) is 0. The molecule has 0 aromatic rings. The lowest BCUT2D eigenvalue weighted by molar-refractivity contribution is -0.133. The molecule has 0 spiro atoms. The van der Waals surface area contributed by atoms with Crippen LogP contribution >= 0.6 is 35.0 Å². The van der Waals surface area contributed by atoms with Gasteiger partial charge in [-0.05, 0) is 0 Å². The maximum atomic E-state index is 9.36. The zero-order valence-electron chi connectivity index (χ0n) is 2.85. The maximum Gasteiger partial charge on any atom is 0.313 e. The Morgan fingerprint density at radius 3 is 2.00 bits per heavy atom. The van der Waals surface area contributed by atoms with Gasteiger partial charge < -0.3 is 5.11 Å². The van der Waals surface area contributed by atoms with E-state index in [4.69, 9.17) is 5.11 Å². The first-order valence-electron chi connectivity index (χ1n) is 1.05. The zero-order valence-corrected chi connectivity index (χ0v) is 5.82. The van der Waals surface area contributed by atoms with Crippen LogP contribution in [0.3, 0.4) is 0 Å². The molecule has 0 radical (unpaired) electrons. The third-order valence-corrected chi connectivity index (χ3v) is 0.767. The van der Waals surface area contributed by atoms with Gasteiger partial charge in [0.05, 0.1) is 4.43 Å². The normalized spacial score (nSPS) is 6.17. The second-order valence-electron chi connectivity index (χ2n) is 0.527. The van der Waals surface area contributed by atoms with E-state index in [9.17, 15) is 4.79 Å². The molecule has 0 aliphatic carbocycles. The summed E-state index contributed by atoms with van der Waals surface area (Å²) < 4.78 is 0.192. The van der Waals surface area contributed by atoms with Crippen molar-refractivity contribution in [3.8, 4) is 0 Å². The number of halogens is 2. The summed E-state index contributed by atoms with van der Waals surface area (Å²) in [6.45, 7) is 0. The van der Waals surface area contributed by atoms with Crippen LogP contribution < -0.4 is 0 Å². The van der Waals surface area contributed by atoms with Gasteiger partial charge in [-0.15, -0.1) is 12.4 Å². The second kappa shape index (κ2) is 5.49. The lowest BCUT2D eigenvalue weighted by Crippen LogP contribution is -1.91. The van der Waals surface area contributed by atoms with Crippen molar-refractivity contribution in [2.75, 3.05) is 4.43 Å². The van der Waals surface area contributed by atoms with Crippen molar-refractivity contribution >= 4 is 41.0 Å². The number of carboxylic acids is 1. The van der Waals surface area contributed by atoms with Crippen LogP contribution in [0.2, 0.25) is 0 Å². The predicted octanol–water partition coefficient (Wildman–Crippen LogP) is 0.928. The summed E-state index contributed by atoms with van der Waals surface area (Å²) >= 11 is 1.78. The van der Waals surface area contributed by atoms with E-state index >= 15 is 0 Å². The Balaban J connectivity index is 0. The molecule has 0 amide bonds. The number of alkyl halides is 1. The van der Waals surface area contributed by atoms with Gasteiger partial charge in [-0.2, -0.15) is 0 Å². The summed E-state index contributed by atoms with van der Waals surface area (Å²) in [5, 5.41) is 7.71. The fraction of sp³-hybridized carbons (Fsp3) is 0.500. The molecule has 0 saturated heterocycles. The Morgan fingerprint density at radius 2 is 2.00 bits per heavy atom. The molecule has 38 valence electrons. The van der Waals surface area contributed by atoms with Gasteiger partial charge >= 0.3 is 5.97 Å². The summed E-state index contributed by atoms with van der Waals surface area (Å²) in [4.78, 5) is 9.36. The Bertz CT molecular complexity index is 46.8. The molecule has 6 heavy (non-hydrogen) atoms. The SMILES string of the molecule is Cl.O=C(O)CI. The molecular weight excluding hydrogens is 218 g/mol. The lowest BCUT2D eigenvalue weighted by atomic mass is 10.9. The van der Waals surface area contributed by atoms with Gasteiger partial charge in [-0.1, -0.05) is 22.6 Å². The van der Waals surface area contributed by atoms with Gasteiger partial charge in [0.2, 0.25) is 0 Å². The van der Waals surface area contributed by atoms with Crippen LogP contribution in [0.25, 0.3) is 0 Å². The average Bonchev–Trinajstić information content (AvgIpc) is 1.38. The van der Waals surface area contributed by atoms with Crippen molar-refractivity contribution in [2.45, 2.75) is 0 Å². The average molecular weight is 222 g/mol. The minimum absolute atomic E-state index is 0. The molecule has 4 heteroatoms. The van der Waals surface area contributed by atoms with Crippen molar-refractivity contribution < 1.29 is 9.90 Å². The van der Waals surface area contributed by atoms with Crippen molar-refractivity contribution in [1.29, 1.82) is 0 Å². The molecule has 0 atom stereocenters. The second-order valence-corrected chi connectivity index (χ2v) is 1.29. The number of hydrogen-bond acceptors (Lipinski definition) is 1. The Kier molecular flexibility index (Phi) is 8.88. The summed E-state index contributed by atoms with van der Waals surface area (Å²) in [6, 6.07) is 0. The first kappa shape index (κ1) is 9.70. The monoisotopic (exact) mass is 222 g/mol. The van der Waals surface area contributed by atoms with Crippen LogP contribution in [0.4, 0.5) is 0 Å². The third-order valence-electron chi connectivity index (χ3n) is 0.114. The molecule has 0 bridgehead atoms. The molecule has 0 fully saturated rings. The molecular formula is C2H4ClIO2. The fourth-order valence-corrected chi connectivity index (χ4v) is 0. The molecule has 2 nitrogen and oxygen atoms in total. The van der Waals surface area contributed by atoms with E-state index in [-0.39, 0.29) is 16.8 Å². The van der Waals surface area contributed by atoms with Crippen LogP contribution in [0.5, 0.6) is 0 Å². The minimum atomic E-state index is -0.759. The number of carboxylic acid groups (broad SMARTS) is 1. The Morgan fingerprint density at radius 1 is 1.83 bits per heavy atom. The highest BCUT2D eigenvalue weighted by Gasteiger charge is 1.82. The highest BCUT2D eigenvalue weighted by Crippen LogP contribution is 1.75. The van der Waals surface area contributed by atoms with E-state index in [0.29, 0.717) is 0 Å². The number of rotatable bonds is 1. The standard InChI is InChI=1S/C2H3IO2.ClH/c3-1-2(4)5;/h1H2,(H,4,5);1H. The van der Waals surface area contributed by atoms with Gasteiger partial charge in [-0.3, -0.25) is 4.79 Å². The molecule has 0 heterocycles. The third kappa shape index (κ3) is 8.82. The summed E-state index contributed by atoms with van der Waals surface area (Å²) in [5.41, 5.74) is 0. The Labute approximate surface area is 55.5 Å². The van der Waals surface area contributed by atoms with Gasteiger partial charge in [-0.25, -0.2) is 0 Å².